The molecule has 0 aliphatic heterocycles. The van der Waals surface area contributed by atoms with Crippen molar-refractivity contribution in [3.8, 4) is 0 Å². The summed E-state index contributed by atoms with van der Waals surface area (Å²) in [6.45, 7) is 2.58. The van der Waals surface area contributed by atoms with E-state index in [1.54, 1.807) is 0 Å². The van der Waals surface area contributed by atoms with E-state index in [1.165, 1.54) is 148 Å². The van der Waals surface area contributed by atoms with Gasteiger partial charge in [-0.25, -0.2) is 9.13 Å². The Bertz CT molecular complexity index is 2190. The molecule has 0 amide bonds. The number of rotatable bonds is 75. The van der Waals surface area contributed by atoms with Crippen LogP contribution in [0.4, 0.5) is 0 Å². The molecule has 0 aliphatic rings. The second kappa shape index (κ2) is 74.2. The van der Waals surface area contributed by atoms with Gasteiger partial charge in [-0.05, 0) is 122 Å². The molecule has 0 rings (SSSR count). The standard InChI is InChI=1S/C81H144O16P2/c1-4-7-10-13-16-19-22-24-26-28-30-31-32-33-34-35-36-37-38-39-40-41-42-43-45-47-48-50-53-55-58-61-64-67-79(84)91-70-76(82)71-93-98(87,88)94-72-77(83)73-95-99(89,90)96-75-78(97-81(86)69-66-63-60-57-52-21-18-15-12-9-6-3)74-92-80(85)68-65-62-59-56-54-51-49-46-44-29-27-25-23-20-17-14-11-8-5-2/h15-20,24-27,30-31,33-34,44,46,76-78,82-83H,4-14,21-23,28-29,32,35-43,45,47-75H2,1-3H3,(H,87,88)(H,89,90)/b18-15-,19-16-,20-17-,26-24-,27-25-,31-30-,34-33-,46-44-. The molecule has 0 aliphatic carbocycles. The topological polar surface area (TPSA) is 231 Å². The second-order valence-corrected chi connectivity index (χ2v) is 29.4. The van der Waals surface area contributed by atoms with Crippen molar-refractivity contribution < 1.29 is 75.8 Å². The summed E-state index contributed by atoms with van der Waals surface area (Å²) in [4.78, 5) is 58.5. The summed E-state index contributed by atoms with van der Waals surface area (Å²) < 4.78 is 61.0. The molecule has 0 aromatic carbocycles. The molecule has 4 N–H and O–H groups in total. The Morgan fingerprint density at radius 3 is 0.838 bits per heavy atom. The normalized spacial score (nSPS) is 14.5. The Hall–Kier alpha value is -3.53. The minimum absolute atomic E-state index is 0.0917. The minimum Gasteiger partial charge on any atom is -0.463 e. The van der Waals surface area contributed by atoms with E-state index in [2.05, 4.69) is 118 Å². The van der Waals surface area contributed by atoms with Gasteiger partial charge in [0.15, 0.2) is 6.10 Å². The van der Waals surface area contributed by atoms with E-state index >= 15 is 0 Å². The van der Waals surface area contributed by atoms with Crippen LogP contribution in [0.15, 0.2) is 97.2 Å². The molecule has 0 saturated heterocycles. The molecule has 0 saturated carbocycles. The first-order valence-corrected chi connectivity index (χ1v) is 42.5. The largest absolute Gasteiger partial charge is 0.472 e. The molecule has 0 fully saturated rings. The number of allylic oxidation sites excluding steroid dienone is 16. The molecule has 5 atom stereocenters. The maximum atomic E-state index is 12.9. The second-order valence-electron chi connectivity index (χ2n) is 26.5. The monoisotopic (exact) mass is 1430 g/mol. The van der Waals surface area contributed by atoms with Crippen molar-refractivity contribution in [2.45, 2.75) is 360 Å². The zero-order valence-corrected chi connectivity index (χ0v) is 64.4. The lowest BCUT2D eigenvalue weighted by atomic mass is 10.0. The van der Waals surface area contributed by atoms with Crippen LogP contribution in [0.25, 0.3) is 0 Å². The molecule has 0 heterocycles. The number of hydrogen-bond acceptors (Lipinski definition) is 14. The average molecular weight is 1440 g/mol. The predicted octanol–water partition coefficient (Wildman–Crippen LogP) is 23.0. The quantitative estimate of drug-likeness (QED) is 0.0146. The fourth-order valence-corrected chi connectivity index (χ4v) is 12.2. The lowest BCUT2D eigenvalue weighted by molar-refractivity contribution is -0.161. The Kier molecular flexibility index (Phi) is 71.6. The molecule has 574 valence electrons. The van der Waals surface area contributed by atoms with Gasteiger partial charge in [-0.3, -0.25) is 32.5 Å². The van der Waals surface area contributed by atoms with Crippen LogP contribution in [0.5, 0.6) is 0 Å². The minimum atomic E-state index is -4.93. The average Bonchev–Trinajstić information content (AvgIpc) is 1.15. The number of ether oxygens (including phenoxy) is 3. The fraction of sp³-hybridized carbons (Fsp3) is 0.765. The van der Waals surface area contributed by atoms with Gasteiger partial charge in [-0.2, -0.15) is 0 Å². The number of esters is 3. The number of aliphatic hydroxyl groups is 2. The van der Waals surface area contributed by atoms with Gasteiger partial charge < -0.3 is 34.2 Å². The Morgan fingerprint density at radius 1 is 0.283 bits per heavy atom. The third-order valence-corrected chi connectivity index (χ3v) is 18.7. The zero-order valence-electron chi connectivity index (χ0n) is 62.6. The number of aliphatic hydroxyl groups excluding tert-OH is 2. The summed E-state index contributed by atoms with van der Waals surface area (Å²) in [6, 6.07) is 0. The summed E-state index contributed by atoms with van der Waals surface area (Å²) in [7, 11) is -9.78. The number of carbonyl (C=O) groups is 3. The molecule has 0 aromatic heterocycles. The van der Waals surface area contributed by atoms with Crippen LogP contribution in [0.2, 0.25) is 0 Å². The van der Waals surface area contributed by atoms with Gasteiger partial charge in [0.05, 0.1) is 26.4 Å². The van der Waals surface area contributed by atoms with Crippen LogP contribution in [-0.4, -0.2) is 95.9 Å². The summed E-state index contributed by atoms with van der Waals surface area (Å²) in [5.41, 5.74) is 0. The van der Waals surface area contributed by atoms with Gasteiger partial charge in [-0.1, -0.05) is 298 Å². The highest BCUT2D eigenvalue weighted by Gasteiger charge is 2.29. The van der Waals surface area contributed by atoms with Crippen molar-refractivity contribution in [3.63, 3.8) is 0 Å². The molecular weight excluding hydrogens is 1290 g/mol. The molecule has 99 heavy (non-hydrogen) atoms. The van der Waals surface area contributed by atoms with Crippen LogP contribution in [0, 0.1) is 0 Å². The van der Waals surface area contributed by atoms with Crippen LogP contribution < -0.4 is 0 Å². The van der Waals surface area contributed by atoms with Crippen LogP contribution in [0.3, 0.4) is 0 Å². The van der Waals surface area contributed by atoms with Crippen molar-refractivity contribution in [2.24, 2.45) is 0 Å². The van der Waals surface area contributed by atoms with E-state index in [-0.39, 0.29) is 19.3 Å². The van der Waals surface area contributed by atoms with Crippen molar-refractivity contribution >= 4 is 33.6 Å². The van der Waals surface area contributed by atoms with Crippen LogP contribution in [-0.2, 0) is 55.8 Å². The number of carbonyl (C=O) groups excluding carboxylic acids is 3. The third-order valence-electron chi connectivity index (χ3n) is 16.8. The number of phosphoric acid groups is 2. The highest BCUT2D eigenvalue weighted by atomic mass is 31.2. The third kappa shape index (κ3) is 75.5. The fourth-order valence-electron chi connectivity index (χ4n) is 10.7. The first kappa shape index (κ1) is 95.5. The first-order valence-electron chi connectivity index (χ1n) is 39.5. The van der Waals surface area contributed by atoms with Gasteiger partial charge in [0.1, 0.15) is 25.4 Å². The van der Waals surface area contributed by atoms with E-state index in [9.17, 15) is 43.5 Å². The maximum Gasteiger partial charge on any atom is 0.472 e. The molecule has 16 nitrogen and oxygen atoms in total. The zero-order chi connectivity index (χ0) is 72.3. The first-order chi connectivity index (χ1) is 48.2. The van der Waals surface area contributed by atoms with Gasteiger partial charge in [-0.15, -0.1) is 0 Å². The molecule has 5 unspecified atom stereocenters. The molecule has 0 spiro atoms. The van der Waals surface area contributed by atoms with Crippen LogP contribution >= 0.6 is 15.6 Å². The maximum absolute atomic E-state index is 12.9. The summed E-state index contributed by atoms with van der Waals surface area (Å²) in [5.74, 6) is -1.59. The van der Waals surface area contributed by atoms with Crippen LogP contribution in [0.1, 0.15) is 342 Å². The SMILES string of the molecule is CCCC/C=C\CCCCCCCC(=O)OC(COC(=O)CCCCCCCC/C=C\C/C=C\C/C=C\CCCCC)COP(=O)(O)OCC(O)COP(=O)(O)OCC(O)COC(=O)CCCCCCCCCCCCCCCCCCC/C=C\C/C=C\C/C=C\C/C=C\CCCCC. The molecular formula is C81H144O16P2. The van der Waals surface area contributed by atoms with Gasteiger partial charge in [0.25, 0.3) is 0 Å². The Labute approximate surface area is 603 Å². The van der Waals surface area contributed by atoms with E-state index < -0.39 is 91.5 Å². The Morgan fingerprint density at radius 2 is 0.515 bits per heavy atom. The molecule has 0 bridgehead atoms. The van der Waals surface area contributed by atoms with Crippen molar-refractivity contribution in [2.75, 3.05) is 39.6 Å². The van der Waals surface area contributed by atoms with E-state index in [0.29, 0.717) is 19.3 Å². The molecule has 0 radical (unpaired) electrons. The molecule has 18 heteroatoms. The number of phosphoric ester groups is 2. The Balaban J connectivity index is 4.35. The van der Waals surface area contributed by atoms with Crippen molar-refractivity contribution in [1.29, 1.82) is 0 Å². The van der Waals surface area contributed by atoms with Crippen molar-refractivity contribution in [3.05, 3.63) is 97.2 Å². The highest BCUT2D eigenvalue weighted by Crippen LogP contribution is 2.45. The smallest absolute Gasteiger partial charge is 0.463 e. The summed E-state index contributed by atoms with van der Waals surface area (Å²) in [5, 5.41) is 20.6. The van der Waals surface area contributed by atoms with Gasteiger partial charge in [0, 0.05) is 19.3 Å². The highest BCUT2D eigenvalue weighted by molar-refractivity contribution is 7.47. The number of hydrogen-bond donors (Lipinski definition) is 4. The number of unbranched alkanes of at least 4 members (excludes halogenated alkanes) is 36. The van der Waals surface area contributed by atoms with Gasteiger partial charge >= 0.3 is 33.6 Å². The lowest BCUT2D eigenvalue weighted by Crippen LogP contribution is -2.30. The van der Waals surface area contributed by atoms with Gasteiger partial charge in [0.2, 0.25) is 0 Å². The lowest BCUT2D eigenvalue weighted by Gasteiger charge is -2.21. The molecule has 0 aromatic rings. The summed E-state index contributed by atoms with van der Waals surface area (Å²) in [6.07, 6.45) is 84.8. The van der Waals surface area contributed by atoms with E-state index in [4.69, 9.17) is 32.3 Å². The van der Waals surface area contributed by atoms with E-state index in [1.807, 2.05) is 0 Å². The van der Waals surface area contributed by atoms with E-state index in [0.717, 1.165) is 135 Å². The summed E-state index contributed by atoms with van der Waals surface area (Å²) >= 11 is 0. The predicted molar refractivity (Wildman–Crippen MR) is 408 cm³/mol. The van der Waals surface area contributed by atoms with Crippen molar-refractivity contribution in [1.82, 2.24) is 0 Å².